The van der Waals surface area contributed by atoms with Crippen LogP contribution in [0.15, 0.2) is 0 Å². The maximum Gasteiger partial charge on any atom is 0.185 e. The molecule has 0 aromatic rings. The molecule has 3 fully saturated rings. The summed E-state index contributed by atoms with van der Waals surface area (Å²) in [5.74, 6) is 0. The Hall–Kier alpha value is -0.520. The number of hydrogen-bond acceptors (Lipinski definition) is 13. The molecule has 2 aliphatic heterocycles. The van der Waals surface area contributed by atoms with E-state index in [0.29, 0.717) is 0 Å². The number of aliphatic hydroxyl groups is 4. The van der Waals surface area contributed by atoms with Gasteiger partial charge in [0.15, 0.2) is 12.6 Å². The summed E-state index contributed by atoms with van der Waals surface area (Å²) in [6.07, 6.45) is -7.24. The smallest absolute Gasteiger partial charge is 0.185 e. The van der Waals surface area contributed by atoms with Gasteiger partial charge in [0.2, 0.25) is 0 Å². The van der Waals surface area contributed by atoms with E-state index in [0.717, 1.165) is 0 Å². The predicted octanol–water partition coefficient (Wildman–Crippen LogP) is -4.36. The molecular formula is C21H43N5O8. The molecule has 0 spiro atoms. The van der Waals surface area contributed by atoms with Gasteiger partial charge < -0.3 is 67.2 Å². The molecule has 200 valence electrons. The van der Waals surface area contributed by atoms with Gasteiger partial charge in [-0.3, -0.25) is 0 Å². The summed E-state index contributed by atoms with van der Waals surface area (Å²) in [4.78, 5) is 0. The van der Waals surface area contributed by atoms with Crippen LogP contribution in [0.2, 0.25) is 0 Å². The van der Waals surface area contributed by atoms with Crippen LogP contribution in [0.3, 0.4) is 0 Å². The van der Waals surface area contributed by atoms with Crippen molar-refractivity contribution in [3.05, 3.63) is 0 Å². The van der Waals surface area contributed by atoms with E-state index in [4.69, 9.17) is 36.1 Å². The molecule has 0 aromatic carbocycles. The number of ether oxygens (including phenoxy) is 4. The molecule has 0 amide bonds. The molecule has 13 heteroatoms. The third-order valence-corrected chi connectivity index (χ3v) is 7.27. The minimum Gasteiger partial charge on any atom is -0.390 e. The van der Waals surface area contributed by atoms with Crippen LogP contribution >= 0.6 is 0 Å². The quantitative estimate of drug-likeness (QED) is 0.164. The maximum absolute atomic E-state index is 11.1. The second kappa shape index (κ2) is 11.3. The Labute approximate surface area is 200 Å². The molecule has 3 aliphatic rings. The lowest BCUT2D eigenvalue weighted by molar-refractivity contribution is -0.310. The number of nitrogens with two attached hydrogens (primary N) is 3. The average Bonchev–Trinajstić information content (AvgIpc) is 2.76. The Balaban J connectivity index is 1.70. The summed E-state index contributed by atoms with van der Waals surface area (Å²) in [7, 11) is 3.37. The van der Waals surface area contributed by atoms with Crippen molar-refractivity contribution in [1.82, 2.24) is 10.6 Å². The Bertz CT molecular complexity index is 663. The van der Waals surface area contributed by atoms with Crippen molar-refractivity contribution < 1.29 is 39.4 Å². The molecule has 0 radical (unpaired) electrons. The van der Waals surface area contributed by atoms with Gasteiger partial charge in [-0.25, -0.2) is 0 Å². The lowest BCUT2D eigenvalue weighted by atomic mass is 9.84. The van der Waals surface area contributed by atoms with Gasteiger partial charge in [-0.05, 0) is 40.8 Å². The molecule has 2 saturated heterocycles. The zero-order valence-electron chi connectivity index (χ0n) is 20.3. The second-order valence-corrected chi connectivity index (χ2v) is 10.1. The van der Waals surface area contributed by atoms with Gasteiger partial charge in [0.25, 0.3) is 0 Å². The van der Waals surface area contributed by atoms with Crippen LogP contribution in [0, 0.1) is 0 Å². The van der Waals surface area contributed by atoms with Crippen LogP contribution in [0.1, 0.15) is 26.7 Å². The fraction of sp³-hybridized carbons (Fsp3) is 1.00. The van der Waals surface area contributed by atoms with E-state index in [1.54, 1.807) is 21.0 Å². The summed E-state index contributed by atoms with van der Waals surface area (Å²) >= 11 is 0. The van der Waals surface area contributed by atoms with E-state index in [-0.39, 0.29) is 25.5 Å². The Kier molecular flexibility index (Phi) is 9.29. The van der Waals surface area contributed by atoms with Gasteiger partial charge in [-0.1, -0.05) is 0 Å². The monoisotopic (exact) mass is 493 g/mol. The number of hydrogen-bond donors (Lipinski definition) is 9. The average molecular weight is 494 g/mol. The normalized spacial score (nSPS) is 51.3. The fourth-order valence-electron chi connectivity index (χ4n) is 5.13. The maximum atomic E-state index is 11.1. The van der Waals surface area contributed by atoms with E-state index in [1.165, 1.54) is 0 Å². The molecule has 1 aliphatic carbocycles. The zero-order valence-corrected chi connectivity index (χ0v) is 20.3. The highest BCUT2D eigenvalue weighted by Crippen LogP contribution is 2.31. The summed E-state index contributed by atoms with van der Waals surface area (Å²) in [6.45, 7) is 3.33. The first-order chi connectivity index (χ1) is 15.9. The standard InChI is InChI=1S/C21H43N5O8/c1-8(25-3)15-12(27)6-11(24)19(32-15)33-16-9(22)5-10(23)17(13(16)28)34-20-14(29)18(26-4)21(2,30)7-31-20/h8-20,25-30H,5-7,22-24H2,1-4H3. The van der Waals surface area contributed by atoms with Gasteiger partial charge in [0, 0.05) is 18.1 Å². The summed E-state index contributed by atoms with van der Waals surface area (Å²) < 4.78 is 23.5. The van der Waals surface area contributed by atoms with Crippen LogP contribution in [-0.2, 0) is 18.9 Å². The summed E-state index contributed by atoms with van der Waals surface area (Å²) in [5.41, 5.74) is 17.4. The predicted molar refractivity (Wildman–Crippen MR) is 121 cm³/mol. The number of nitrogens with one attached hydrogen (secondary N) is 2. The van der Waals surface area contributed by atoms with Gasteiger partial charge in [-0.15, -0.1) is 0 Å². The van der Waals surface area contributed by atoms with Crippen molar-refractivity contribution >= 4 is 0 Å². The van der Waals surface area contributed by atoms with E-state index in [9.17, 15) is 20.4 Å². The van der Waals surface area contributed by atoms with Gasteiger partial charge in [0.05, 0.1) is 24.8 Å². The molecule has 14 unspecified atom stereocenters. The Morgan fingerprint density at radius 1 is 0.941 bits per heavy atom. The first-order valence-corrected chi connectivity index (χ1v) is 11.9. The van der Waals surface area contributed by atoms with Crippen LogP contribution in [-0.4, -0.2) is 126 Å². The first-order valence-electron chi connectivity index (χ1n) is 11.9. The van der Waals surface area contributed by atoms with Gasteiger partial charge in [0.1, 0.15) is 36.1 Å². The number of aliphatic hydroxyl groups excluding tert-OH is 3. The number of rotatable bonds is 7. The molecule has 0 bridgehead atoms. The lowest BCUT2D eigenvalue weighted by Gasteiger charge is -2.48. The molecule has 1 saturated carbocycles. The lowest BCUT2D eigenvalue weighted by Crippen LogP contribution is -2.69. The third-order valence-electron chi connectivity index (χ3n) is 7.27. The van der Waals surface area contributed by atoms with Crippen molar-refractivity contribution in [1.29, 1.82) is 0 Å². The summed E-state index contributed by atoms with van der Waals surface area (Å²) in [5, 5.41) is 48.6. The fourth-order valence-corrected chi connectivity index (χ4v) is 5.13. The highest BCUT2D eigenvalue weighted by atomic mass is 16.7. The molecule has 0 aromatic heterocycles. The van der Waals surface area contributed by atoms with Crippen LogP contribution in [0.4, 0.5) is 0 Å². The van der Waals surface area contributed by atoms with E-state index < -0.39 is 79.0 Å². The minimum absolute atomic E-state index is 0.0874. The van der Waals surface area contributed by atoms with Gasteiger partial charge in [-0.2, -0.15) is 0 Å². The topological polar surface area (TPSA) is 220 Å². The SMILES string of the molecule is CNC(C)C1OC(OC2C(N)CC(N)C(OC3OCC(C)(O)C(NC)C3O)C2O)C(N)CC1O. The summed E-state index contributed by atoms with van der Waals surface area (Å²) in [6, 6.07) is -2.80. The Morgan fingerprint density at radius 3 is 2.09 bits per heavy atom. The van der Waals surface area contributed by atoms with Crippen molar-refractivity contribution in [3.8, 4) is 0 Å². The Morgan fingerprint density at radius 2 is 1.53 bits per heavy atom. The first kappa shape index (κ1) is 28.1. The molecule has 2 heterocycles. The zero-order chi connectivity index (χ0) is 25.4. The minimum atomic E-state index is -1.31. The third kappa shape index (κ3) is 5.72. The van der Waals surface area contributed by atoms with Crippen LogP contribution < -0.4 is 27.8 Å². The van der Waals surface area contributed by atoms with Crippen LogP contribution in [0.25, 0.3) is 0 Å². The van der Waals surface area contributed by atoms with E-state index >= 15 is 0 Å². The van der Waals surface area contributed by atoms with Crippen molar-refractivity contribution in [2.45, 2.75) is 112 Å². The molecule has 3 rings (SSSR count). The highest BCUT2D eigenvalue weighted by Gasteiger charge is 2.51. The van der Waals surface area contributed by atoms with E-state index in [1.807, 2.05) is 6.92 Å². The largest absolute Gasteiger partial charge is 0.390 e. The molecule has 34 heavy (non-hydrogen) atoms. The molecule has 13 nitrogen and oxygen atoms in total. The van der Waals surface area contributed by atoms with Crippen molar-refractivity contribution in [2.75, 3.05) is 20.7 Å². The molecule has 12 N–H and O–H groups in total. The van der Waals surface area contributed by atoms with Gasteiger partial charge >= 0.3 is 0 Å². The van der Waals surface area contributed by atoms with Crippen LogP contribution in [0.5, 0.6) is 0 Å². The highest BCUT2D eigenvalue weighted by molar-refractivity contribution is 5.02. The number of likely N-dealkylation sites (N-methyl/N-ethyl adjacent to an activating group) is 2. The van der Waals surface area contributed by atoms with E-state index in [2.05, 4.69) is 10.6 Å². The molecule has 14 atom stereocenters. The van der Waals surface area contributed by atoms with Crippen molar-refractivity contribution in [2.24, 2.45) is 17.2 Å². The second-order valence-electron chi connectivity index (χ2n) is 10.1. The van der Waals surface area contributed by atoms with Crippen molar-refractivity contribution in [3.63, 3.8) is 0 Å². The molecular weight excluding hydrogens is 450 g/mol.